The van der Waals surface area contributed by atoms with Crippen molar-refractivity contribution in [2.45, 2.75) is 13.3 Å². The van der Waals surface area contributed by atoms with Gasteiger partial charge in [-0.05, 0) is 18.6 Å². The Morgan fingerprint density at radius 2 is 1.86 bits per heavy atom. The number of piperazine rings is 1. The number of para-hydroxylation sites is 1. The lowest BCUT2D eigenvalue weighted by Gasteiger charge is -2.35. The van der Waals surface area contributed by atoms with E-state index in [-0.39, 0.29) is 5.82 Å². The molecular formula is C15H20FN3O2. The second-order valence-corrected chi connectivity index (χ2v) is 4.99. The number of carbonyl (C=O) groups excluding carboxylic acids is 2. The number of halogens is 1. The van der Waals surface area contributed by atoms with Crippen LogP contribution in [0, 0.1) is 5.82 Å². The highest BCUT2D eigenvalue weighted by atomic mass is 19.1. The van der Waals surface area contributed by atoms with E-state index < -0.39 is 11.8 Å². The van der Waals surface area contributed by atoms with E-state index in [4.69, 9.17) is 0 Å². The Hall–Kier alpha value is -2.11. The predicted molar refractivity (Wildman–Crippen MR) is 78.5 cm³/mol. The fourth-order valence-corrected chi connectivity index (χ4v) is 2.32. The van der Waals surface area contributed by atoms with Gasteiger partial charge in [0.25, 0.3) is 0 Å². The Morgan fingerprint density at radius 3 is 2.48 bits per heavy atom. The minimum atomic E-state index is -0.559. The van der Waals surface area contributed by atoms with Gasteiger partial charge in [0.15, 0.2) is 0 Å². The van der Waals surface area contributed by atoms with Crippen molar-refractivity contribution in [2.75, 3.05) is 37.6 Å². The van der Waals surface area contributed by atoms with Crippen LogP contribution in [0.4, 0.5) is 10.1 Å². The van der Waals surface area contributed by atoms with E-state index in [0.29, 0.717) is 38.4 Å². The van der Waals surface area contributed by atoms with Gasteiger partial charge in [0, 0.05) is 32.7 Å². The molecule has 5 nitrogen and oxygen atoms in total. The van der Waals surface area contributed by atoms with Crippen LogP contribution in [0.2, 0.25) is 0 Å². The van der Waals surface area contributed by atoms with Gasteiger partial charge in [-0.15, -0.1) is 0 Å². The van der Waals surface area contributed by atoms with Gasteiger partial charge in [-0.3, -0.25) is 9.59 Å². The standard InChI is InChI=1S/C15H20FN3O2/c1-2-7-17-14(20)15(21)19-10-8-18(9-11-19)13-6-4-3-5-12(13)16/h3-6H,2,7-11H2,1H3,(H,17,20). The van der Waals surface area contributed by atoms with Gasteiger partial charge in [-0.25, -0.2) is 4.39 Å². The minimum absolute atomic E-state index is 0.266. The summed E-state index contributed by atoms with van der Waals surface area (Å²) >= 11 is 0. The Balaban J connectivity index is 1.90. The number of amides is 2. The smallest absolute Gasteiger partial charge is 0.312 e. The van der Waals surface area contributed by atoms with Gasteiger partial charge in [-0.2, -0.15) is 0 Å². The maximum Gasteiger partial charge on any atom is 0.312 e. The van der Waals surface area contributed by atoms with E-state index in [1.807, 2.05) is 11.8 Å². The molecule has 0 saturated carbocycles. The molecule has 1 N–H and O–H groups in total. The molecule has 1 aliphatic heterocycles. The Kier molecular flexibility index (Phi) is 5.14. The van der Waals surface area contributed by atoms with Gasteiger partial charge in [0.1, 0.15) is 5.82 Å². The summed E-state index contributed by atoms with van der Waals surface area (Å²) in [5.41, 5.74) is 0.542. The van der Waals surface area contributed by atoms with Gasteiger partial charge in [-0.1, -0.05) is 19.1 Å². The SMILES string of the molecule is CCCNC(=O)C(=O)N1CCN(c2ccccc2F)CC1. The first-order valence-electron chi connectivity index (χ1n) is 7.20. The largest absolute Gasteiger partial charge is 0.366 e. The van der Waals surface area contributed by atoms with Crippen molar-refractivity contribution in [3.63, 3.8) is 0 Å². The number of benzene rings is 1. The van der Waals surface area contributed by atoms with Gasteiger partial charge < -0.3 is 15.1 Å². The van der Waals surface area contributed by atoms with Crippen LogP contribution < -0.4 is 10.2 Å². The van der Waals surface area contributed by atoms with E-state index in [0.717, 1.165) is 6.42 Å². The van der Waals surface area contributed by atoms with Crippen molar-refractivity contribution < 1.29 is 14.0 Å². The van der Waals surface area contributed by atoms with Crippen LogP contribution in [0.25, 0.3) is 0 Å². The fourth-order valence-electron chi connectivity index (χ4n) is 2.32. The van der Waals surface area contributed by atoms with Crippen molar-refractivity contribution in [3.05, 3.63) is 30.1 Å². The van der Waals surface area contributed by atoms with Crippen molar-refractivity contribution in [2.24, 2.45) is 0 Å². The second-order valence-electron chi connectivity index (χ2n) is 4.99. The molecule has 1 saturated heterocycles. The number of hydrogen-bond donors (Lipinski definition) is 1. The van der Waals surface area contributed by atoms with E-state index >= 15 is 0 Å². The van der Waals surface area contributed by atoms with Crippen LogP contribution in [0.1, 0.15) is 13.3 Å². The monoisotopic (exact) mass is 293 g/mol. The molecule has 114 valence electrons. The fraction of sp³-hybridized carbons (Fsp3) is 0.467. The molecule has 0 aromatic heterocycles. The minimum Gasteiger partial charge on any atom is -0.366 e. The molecule has 0 unspecified atom stereocenters. The third-order valence-corrected chi connectivity index (χ3v) is 3.49. The van der Waals surface area contributed by atoms with Gasteiger partial charge in [0.2, 0.25) is 0 Å². The first-order valence-corrected chi connectivity index (χ1v) is 7.20. The normalized spacial score (nSPS) is 15.0. The van der Waals surface area contributed by atoms with E-state index in [2.05, 4.69) is 5.32 Å². The first-order chi connectivity index (χ1) is 10.1. The summed E-state index contributed by atoms with van der Waals surface area (Å²) in [4.78, 5) is 27.0. The lowest BCUT2D eigenvalue weighted by molar-refractivity contribution is -0.146. The number of nitrogens with zero attached hydrogens (tertiary/aromatic N) is 2. The summed E-state index contributed by atoms with van der Waals surface area (Å²) in [6.07, 6.45) is 0.792. The number of rotatable bonds is 3. The molecule has 1 aromatic carbocycles. The van der Waals surface area contributed by atoms with Crippen molar-refractivity contribution in [3.8, 4) is 0 Å². The zero-order valence-electron chi connectivity index (χ0n) is 12.1. The van der Waals surface area contributed by atoms with Crippen LogP contribution in [0.15, 0.2) is 24.3 Å². The summed E-state index contributed by atoms with van der Waals surface area (Å²) < 4.78 is 13.7. The summed E-state index contributed by atoms with van der Waals surface area (Å²) in [5.74, 6) is -1.33. The molecule has 0 radical (unpaired) electrons. The Labute approximate surface area is 123 Å². The number of hydrogen-bond acceptors (Lipinski definition) is 3. The lowest BCUT2D eigenvalue weighted by Crippen LogP contribution is -2.52. The quantitative estimate of drug-likeness (QED) is 0.846. The summed E-state index contributed by atoms with van der Waals surface area (Å²) in [7, 11) is 0. The topological polar surface area (TPSA) is 52.7 Å². The molecule has 21 heavy (non-hydrogen) atoms. The second kappa shape index (κ2) is 7.06. The van der Waals surface area contributed by atoms with Crippen LogP contribution >= 0.6 is 0 Å². The molecule has 0 bridgehead atoms. The molecule has 0 aliphatic carbocycles. The van der Waals surface area contributed by atoms with Gasteiger partial charge in [0.05, 0.1) is 5.69 Å². The third-order valence-electron chi connectivity index (χ3n) is 3.49. The van der Waals surface area contributed by atoms with E-state index in [1.165, 1.54) is 11.0 Å². The molecule has 1 fully saturated rings. The van der Waals surface area contributed by atoms with E-state index in [9.17, 15) is 14.0 Å². The summed E-state index contributed by atoms with van der Waals surface area (Å²) in [5, 5.41) is 2.58. The van der Waals surface area contributed by atoms with Crippen molar-refractivity contribution >= 4 is 17.5 Å². The zero-order valence-corrected chi connectivity index (χ0v) is 12.1. The Morgan fingerprint density at radius 1 is 1.19 bits per heavy atom. The van der Waals surface area contributed by atoms with Crippen molar-refractivity contribution in [1.82, 2.24) is 10.2 Å². The zero-order chi connectivity index (χ0) is 15.2. The van der Waals surface area contributed by atoms with E-state index in [1.54, 1.807) is 18.2 Å². The van der Waals surface area contributed by atoms with Crippen LogP contribution in [0.5, 0.6) is 0 Å². The molecule has 6 heteroatoms. The average Bonchev–Trinajstić information content (AvgIpc) is 2.52. The molecular weight excluding hydrogens is 273 g/mol. The Bertz CT molecular complexity index is 513. The average molecular weight is 293 g/mol. The highest BCUT2D eigenvalue weighted by Crippen LogP contribution is 2.20. The third kappa shape index (κ3) is 3.71. The number of anilines is 1. The maximum atomic E-state index is 13.7. The molecule has 1 aromatic rings. The number of nitrogens with one attached hydrogen (secondary N) is 1. The maximum absolute atomic E-state index is 13.7. The predicted octanol–water partition coefficient (Wildman–Crippen LogP) is 1.00. The highest BCUT2D eigenvalue weighted by molar-refractivity contribution is 6.35. The summed E-state index contributed by atoms with van der Waals surface area (Å²) in [6, 6.07) is 6.58. The molecule has 0 atom stereocenters. The van der Waals surface area contributed by atoms with Crippen LogP contribution in [-0.4, -0.2) is 49.4 Å². The summed E-state index contributed by atoms with van der Waals surface area (Å²) in [6.45, 7) is 4.32. The molecule has 2 amide bonds. The molecule has 0 spiro atoms. The molecule has 1 heterocycles. The molecule has 1 aliphatic rings. The number of carbonyl (C=O) groups is 2. The van der Waals surface area contributed by atoms with Crippen LogP contribution in [-0.2, 0) is 9.59 Å². The van der Waals surface area contributed by atoms with Gasteiger partial charge >= 0.3 is 11.8 Å². The highest BCUT2D eigenvalue weighted by Gasteiger charge is 2.26. The van der Waals surface area contributed by atoms with Crippen molar-refractivity contribution in [1.29, 1.82) is 0 Å². The first kappa shape index (κ1) is 15.3. The lowest BCUT2D eigenvalue weighted by atomic mass is 10.2. The molecule has 2 rings (SSSR count). The van der Waals surface area contributed by atoms with Crippen LogP contribution in [0.3, 0.4) is 0 Å².